The van der Waals surface area contributed by atoms with E-state index in [-0.39, 0.29) is 17.4 Å². The van der Waals surface area contributed by atoms with E-state index in [1.807, 2.05) is 49.4 Å². The van der Waals surface area contributed by atoms with Crippen LogP contribution in [0.25, 0.3) is 5.65 Å². The van der Waals surface area contributed by atoms with Crippen LogP contribution in [0.15, 0.2) is 65.6 Å². The topological polar surface area (TPSA) is 63.9 Å². The Kier molecular flexibility index (Phi) is 5.98. The summed E-state index contributed by atoms with van der Waals surface area (Å²) in [6.45, 7) is 3.47. The van der Waals surface area contributed by atoms with Crippen LogP contribution >= 0.6 is 0 Å². The summed E-state index contributed by atoms with van der Waals surface area (Å²) in [6.07, 6.45) is 1.70. The van der Waals surface area contributed by atoms with Gasteiger partial charge in [-0.25, -0.2) is 4.98 Å². The standard InChI is InChI=1S/C21H23N3O3/c1-16(21(26)27-2)13-23(14-17-8-4-3-5-9-17)15-18-12-20(25)24-11-7-6-10-19(24)22-18/h3-12,16H,13-15H2,1-2H3/t16-/m1/s1. The van der Waals surface area contributed by atoms with E-state index in [1.54, 1.807) is 18.3 Å². The second-order valence-electron chi connectivity index (χ2n) is 6.59. The fraction of sp³-hybridized carbons (Fsp3) is 0.286. The zero-order valence-corrected chi connectivity index (χ0v) is 15.5. The third kappa shape index (κ3) is 4.80. The third-order valence-corrected chi connectivity index (χ3v) is 4.39. The van der Waals surface area contributed by atoms with Crippen LogP contribution in [0.4, 0.5) is 0 Å². The van der Waals surface area contributed by atoms with Crippen molar-refractivity contribution in [1.29, 1.82) is 0 Å². The lowest BCUT2D eigenvalue weighted by molar-refractivity contribution is -0.145. The molecule has 0 amide bonds. The summed E-state index contributed by atoms with van der Waals surface area (Å²) in [5.74, 6) is -0.528. The van der Waals surface area contributed by atoms with Gasteiger partial charge in [-0.2, -0.15) is 0 Å². The molecule has 0 saturated carbocycles. The number of hydrogen-bond acceptors (Lipinski definition) is 5. The molecule has 0 aliphatic heterocycles. The van der Waals surface area contributed by atoms with E-state index in [0.29, 0.717) is 31.0 Å². The van der Waals surface area contributed by atoms with Gasteiger partial charge in [0.25, 0.3) is 5.56 Å². The van der Waals surface area contributed by atoms with Crippen LogP contribution in [0.3, 0.4) is 0 Å². The SMILES string of the molecule is COC(=O)[C@H](C)CN(Cc1ccccc1)Cc1cc(=O)n2ccccc2n1. The van der Waals surface area contributed by atoms with Crippen LogP contribution < -0.4 is 5.56 Å². The number of pyridine rings is 1. The molecule has 0 bridgehead atoms. The van der Waals surface area contributed by atoms with Crippen molar-refractivity contribution in [2.75, 3.05) is 13.7 Å². The van der Waals surface area contributed by atoms with Gasteiger partial charge in [-0.05, 0) is 17.7 Å². The molecule has 3 rings (SSSR count). The van der Waals surface area contributed by atoms with Gasteiger partial charge in [0.2, 0.25) is 0 Å². The lowest BCUT2D eigenvalue weighted by atomic mass is 10.1. The maximum Gasteiger partial charge on any atom is 0.309 e. The molecule has 6 nitrogen and oxygen atoms in total. The molecule has 140 valence electrons. The molecule has 2 aromatic heterocycles. The maximum atomic E-state index is 12.3. The first-order valence-corrected chi connectivity index (χ1v) is 8.88. The van der Waals surface area contributed by atoms with Crippen LogP contribution in [-0.4, -0.2) is 33.9 Å². The molecule has 6 heteroatoms. The van der Waals surface area contributed by atoms with Gasteiger partial charge in [0, 0.05) is 31.9 Å². The number of aromatic nitrogens is 2. The summed E-state index contributed by atoms with van der Waals surface area (Å²) in [6, 6.07) is 17.0. The Hall–Kier alpha value is -2.99. The van der Waals surface area contributed by atoms with Gasteiger partial charge in [-0.15, -0.1) is 0 Å². The smallest absolute Gasteiger partial charge is 0.309 e. The first-order chi connectivity index (χ1) is 13.1. The van der Waals surface area contributed by atoms with Crippen molar-refractivity contribution in [2.24, 2.45) is 5.92 Å². The third-order valence-electron chi connectivity index (χ3n) is 4.39. The highest BCUT2D eigenvalue weighted by Crippen LogP contribution is 2.12. The van der Waals surface area contributed by atoms with E-state index >= 15 is 0 Å². The van der Waals surface area contributed by atoms with E-state index in [9.17, 15) is 9.59 Å². The second-order valence-corrected chi connectivity index (χ2v) is 6.59. The maximum absolute atomic E-state index is 12.3. The molecule has 0 radical (unpaired) electrons. The lowest BCUT2D eigenvalue weighted by Gasteiger charge is -2.24. The average molecular weight is 365 g/mol. The van der Waals surface area contributed by atoms with Crippen molar-refractivity contribution in [3.8, 4) is 0 Å². The summed E-state index contributed by atoms with van der Waals surface area (Å²) in [7, 11) is 1.40. The van der Waals surface area contributed by atoms with Crippen LogP contribution in [0.5, 0.6) is 0 Å². The average Bonchev–Trinajstić information content (AvgIpc) is 2.68. The summed E-state index contributed by atoms with van der Waals surface area (Å²) >= 11 is 0. The van der Waals surface area contributed by atoms with Gasteiger partial charge >= 0.3 is 5.97 Å². The van der Waals surface area contributed by atoms with E-state index in [0.717, 1.165) is 5.56 Å². The fourth-order valence-electron chi connectivity index (χ4n) is 3.10. The largest absolute Gasteiger partial charge is 0.469 e. The summed E-state index contributed by atoms with van der Waals surface area (Å²) in [5, 5.41) is 0. The van der Waals surface area contributed by atoms with Crippen molar-refractivity contribution in [1.82, 2.24) is 14.3 Å². The first-order valence-electron chi connectivity index (χ1n) is 8.88. The predicted octanol–water partition coefficient (Wildman–Crippen LogP) is 2.51. The minimum atomic E-state index is -0.278. The molecule has 0 N–H and O–H groups in total. The number of nitrogens with zero attached hydrogens (tertiary/aromatic N) is 3. The number of carbonyl (C=O) groups is 1. The monoisotopic (exact) mass is 365 g/mol. The van der Waals surface area contributed by atoms with Crippen molar-refractivity contribution >= 4 is 11.6 Å². The normalized spacial score (nSPS) is 12.3. The molecule has 0 fully saturated rings. The highest BCUT2D eigenvalue weighted by Gasteiger charge is 2.19. The number of rotatable bonds is 7. The molecule has 27 heavy (non-hydrogen) atoms. The highest BCUT2D eigenvalue weighted by molar-refractivity contribution is 5.72. The molecule has 1 aromatic carbocycles. The highest BCUT2D eigenvalue weighted by atomic mass is 16.5. The Morgan fingerprint density at radius 3 is 2.63 bits per heavy atom. The first kappa shape index (κ1) is 18.8. The van der Waals surface area contributed by atoms with Gasteiger partial charge < -0.3 is 4.74 Å². The summed E-state index contributed by atoms with van der Waals surface area (Å²) < 4.78 is 6.37. The second kappa shape index (κ2) is 8.60. The molecule has 0 aliphatic rings. The van der Waals surface area contributed by atoms with Gasteiger partial charge in [-0.3, -0.25) is 18.9 Å². The summed E-state index contributed by atoms with van der Waals surface area (Å²) in [4.78, 5) is 30.9. The predicted molar refractivity (Wildman–Crippen MR) is 103 cm³/mol. The Labute approximate surface area is 158 Å². The summed E-state index contributed by atoms with van der Waals surface area (Å²) in [5.41, 5.74) is 2.31. The Morgan fingerprint density at radius 2 is 1.89 bits per heavy atom. The fourth-order valence-corrected chi connectivity index (χ4v) is 3.10. The van der Waals surface area contributed by atoms with Crippen molar-refractivity contribution in [3.63, 3.8) is 0 Å². The zero-order valence-electron chi connectivity index (χ0n) is 15.5. The van der Waals surface area contributed by atoms with Gasteiger partial charge in [0.1, 0.15) is 5.65 Å². The number of fused-ring (bicyclic) bond motifs is 1. The molecule has 0 aliphatic carbocycles. The number of esters is 1. The van der Waals surface area contributed by atoms with Crippen molar-refractivity contribution < 1.29 is 9.53 Å². The van der Waals surface area contributed by atoms with Crippen LogP contribution in [0.2, 0.25) is 0 Å². The van der Waals surface area contributed by atoms with Crippen LogP contribution in [0, 0.1) is 5.92 Å². The van der Waals surface area contributed by atoms with E-state index in [2.05, 4.69) is 9.88 Å². The van der Waals surface area contributed by atoms with Crippen LogP contribution in [0.1, 0.15) is 18.2 Å². The van der Waals surface area contributed by atoms with Crippen molar-refractivity contribution in [2.45, 2.75) is 20.0 Å². The minimum Gasteiger partial charge on any atom is -0.469 e. The molecule has 0 saturated heterocycles. The van der Waals surface area contributed by atoms with Gasteiger partial charge in [0.05, 0.1) is 18.7 Å². The quantitative estimate of drug-likeness (QED) is 0.602. The van der Waals surface area contributed by atoms with Gasteiger partial charge in [-0.1, -0.05) is 43.3 Å². The minimum absolute atomic E-state index is 0.115. The number of hydrogen-bond donors (Lipinski definition) is 0. The number of benzene rings is 1. The van der Waals surface area contributed by atoms with Crippen molar-refractivity contribution in [3.05, 3.63) is 82.4 Å². The van der Waals surface area contributed by atoms with E-state index < -0.39 is 0 Å². The number of methoxy groups -OCH3 is 1. The molecule has 2 heterocycles. The van der Waals surface area contributed by atoms with Crippen LogP contribution in [-0.2, 0) is 22.6 Å². The molecule has 0 spiro atoms. The zero-order chi connectivity index (χ0) is 19.2. The molecular weight excluding hydrogens is 342 g/mol. The molecule has 0 unspecified atom stereocenters. The molecular formula is C21H23N3O3. The molecule has 3 aromatic rings. The Bertz CT molecular complexity index is 969. The number of carbonyl (C=O) groups excluding carboxylic acids is 1. The Balaban J connectivity index is 1.86. The van der Waals surface area contributed by atoms with E-state index in [4.69, 9.17) is 4.74 Å². The lowest BCUT2D eigenvalue weighted by Crippen LogP contribution is -2.32. The molecule has 1 atom stereocenters. The van der Waals surface area contributed by atoms with Gasteiger partial charge in [0.15, 0.2) is 0 Å². The number of ether oxygens (including phenoxy) is 1. The Morgan fingerprint density at radius 1 is 1.15 bits per heavy atom. The van der Waals surface area contributed by atoms with E-state index in [1.165, 1.54) is 11.5 Å².